The Hall–Kier alpha value is -2.68. The van der Waals surface area contributed by atoms with Gasteiger partial charge in [0, 0.05) is 23.7 Å². The predicted molar refractivity (Wildman–Crippen MR) is 104 cm³/mol. The Kier molecular flexibility index (Phi) is 5.67. The number of fused-ring (bicyclic) bond motifs is 1. The molecule has 3 rings (SSSR count). The van der Waals surface area contributed by atoms with Crippen molar-refractivity contribution in [3.63, 3.8) is 0 Å². The molecule has 0 amide bonds. The van der Waals surface area contributed by atoms with Crippen LogP contribution >= 0.6 is 0 Å². The Morgan fingerprint density at radius 2 is 1.69 bits per heavy atom. The molecular formula is C23H25NO2. The van der Waals surface area contributed by atoms with Gasteiger partial charge in [0.15, 0.2) is 5.78 Å². The lowest BCUT2D eigenvalue weighted by atomic mass is 9.89. The van der Waals surface area contributed by atoms with E-state index >= 15 is 0 Å². The number of Topliss-reactive ketones (excluding diaryl/α,β-unsaturated/α-hetero) is 1. The average Bonchev–Trinajstić information content (AvgIpc) is 2.64. The third-order valence-electron chi connectivity index (χ3n) is 4.69. The molecule has 1 N–H and O–H groups in total. The van der Waals surface area contributed by atoms with E-state index in [2.05, 4.69) is 19.2 Å². The van der Waals surface area contributed by atoms with Crippen molar-refractivity contribution in [3.05, 3.63) is 82.6 Å². The zero-order valence-corrected chi connectivity index (χ0v) is 15.4. The monoisotopic (exact) mass is 347 g/mol. The number of ketones is 2. The second-order valence-corrected chi connectivity index (χ2v) is 7.26. The maximum absolute atomic E-state index is 12.8. The normalized spacial score (nSPS) is 13.6. The number of rotatable bonds is 7. The first-order valence-electron chi connectivity index (χ1n) is 9.26. The molecule has 2 aromatic rings. The minimum atomic E-state index is -0.108. The highest BCUT2D eigenvalue weighted by Crippen LogP contribution is 2.23. The zero-order chi connectivity index (χ0) is 18.5. The van der Waals surface area contributed by atoms with Crippen molar-refractivity contribution in [1.29, 1.82) is 0 Å². The van der Waals surface area contributed by atoms with E-state index in [4.69, 9.17) is 0 Å². The van der Waals surface area contributed by atoms with Gasteiger partial charge in [-0.15, -0.1) is 0 Å². The molecule has 0 saturated carbocycles. The molecule has 0 spiro atoms. The quantitative estimate of drug-likeness (QED) is 0.788. The molecule has 1 aliphatic rings. The second-order valence-electron chi connectivity index (χ2n) is 7.26. The fourth-order valence-electron chi connectivity index (χ4n) is 3.21. The van der Waals surface area contributed by atoms with E-state index in [1.54, 1.807) is 6.07 Å². The van der Waals surface area contributed by atoms with E-state index < -0.39 is 0 Å². The van der Waals surface area contributed by atoms with Crippen LogP contribution in [-0.4, -0.2) is 11.6 Å². The molecule has 2 aromatic carbocycles. The summed E-state index contributed by atoms with van der Waals surface area (Å²) in [7, 11) is 0. The van der Waals surface area contributed by atoms with E-state index in [-0.39, 0.29) is 11.6 Å². The highest BCUT2D eigenvalue weighted by Gasteiger charge is 2.25. The third kappa shape index (κ3) is 4.29. The summed E-state index contributed by atoms with van der Waals surface area (Å²) >= 11 is 0. The van der Waals surface area contributed by atoms with Gasteiger partial charge >= 0.3 is 0 Å². The Labute approximate surface area is 155 Å². The average molecular weight is 347 g/mol. The molecule has 134 valence electrons. The van der Waals surface area contributed by atoms with Crippen molar-refractivity contribution in [1.82, 2.24) is 5.32 Å². The lowest BCUT2D eigenvalue weighted by Gasteiger charge is -2.17. The standard InChI is InChI=1S/C23H25NO2/c1-16(2)7-6-10-17-11-12-19-20(13-17)23(26)21(14-22(19)25)24-15-18-8-4-3-5-9-18/h3-5,8-9,11-14,16,24H,6-7,10,15H2,1-2H3. The van der Waals surface area contributed by atoms with Crippen LogP contribution in [-0.2, 0) is 13.0 Å². The van der Waals surface area contributed by atoms with Crippen LogP contribution in [0.25, 0.3) is 0 Å². The van der Waals surface area contributed by atoms with Gasteiger partial charge < -0.3 is 5.32 Å². The molecule has 0 unspecified atom stereocenters. The summed E-state index contributed by atoms with van der Waals surface area (Å²) < 4.78 is 0. The van der Waals surface area contributed by atoms with Gasteiger partial charge in [0.05, 0.1) is 5.70 Å². The van der Waals surface area contributed by atoms with Crippen LogP contribution in [0.4, 0.5) is 0 Å². The van der Waals surface area contributed by atoms with Crippen LogP contribution in [0.5, 0.6) is 0 Å². The molecule has 0 atom stereocenters. The molecule has 0 aliphatic heterocycles. The Bertz CT molecular complexity index is 835. The summed E-state index contributed by atoms with van der Waals surface area (Å²) in [4.78, 5) is 25.2. The number of hydrogen-bond acceptors (Lipinski definition) is 3. The van der Waals surface area contributed by atoms with Gasteiger partial charge in [0.2, 0.25) is 5.78 Å². The van der Waals surface area contributed by atoms with Crippen LogP contribution in [0.3, 0.4) is 0 Å². The Morgan fingerprint density at radius 1 is 0.923 bits per heavy atom. The molecule has 3 heteroatoms. The number of carbonyl (C=O) groups excluding carboxylic acids is 2. The van der Waals surface area contributed by atoms with Crippen molar-refractivity contribution < 1.29 is 9.59 Å². The first kappa shape index (κ1) is 18.1. The van der Waals surface area contributed by atoms with Crippen molar-refractivity contribution in [3.8, 4) is 0 Å². The molecule has 0 saturated heterocycles. The van der Waals surface area contributed by atoms with E-state index in [0.29, 0.717) is 29.3 Å². The minimum Gasteiger partial charge on any atom is -0.378 e. The van der Waals surface area contributed by atoms with Crippen LogP contribution in [0.1, 0.15) is 58.5 Å². The molecule has 0 heterocycles. The van der Waals surface area contributed by atoms with Crippen LogP contribution in [0.15, 0.2) is 60.3 Å². The van der Waals surface area contributed by atoms with E-state index in [1.165, 1.54) is 6.08 Å². The molecule has 0 radical (unpaired) electrons. The minimum absolute atomic E-state index is 0.0961. The lowest BCUT2D eigenvalue weighted by molar-refractivity contribution is 0.0978. The summed E-state index contributed by atoms with van der Waals surface area (Å²) in [6.45, 7) is 4.95. The number of hydrogen-bond donors (Lipinski definition) is 1. The van der Waals surface area contributed by atoms with Crippen molar-refractivity contribution >= 4 is 11.6 Å². The number of nitrogens with one attached hydrogen (secondary N) is 1. The maximum Gasteiger partial charge on any atom is 0.209 e. The molecule has 0 aromatic heterocycles. The summed E-state index contributed by atoms with van der Waals surface area (Å²) in [6.07, 6.45) is 4.61. The van der Waals surface area contributed by atoms with Crippen LogP contribution in [0, 0.1) is 5.92 Å². The highest BCUT2D eigenvalue weighted by atomic mass is 16.1. The molecule has 1 aliphatic carbocycles. The topological polar surface area (TPSA) is 46.2 Å². The SMILES string of the molecule is CC(C)CCCc1ccc2c(c1)C(=O)C(NCc1ccccc1)=CC2=O. The largest absolute Gasteiger partial charge is 0.378 e. The Balaban J connectivity index is 1.73. The van der Waals surface area contributed by atoms with Gasteiger partial charge in [0.1, 0.15) is 0 Å². The van der Waals surface area contributed by atoms with Crippen molar-refractivity contribution in [2.75, 3.05) is 0 Å². The van der Waals surface area contributed by atoms with Crippen LogP contribution in [0.2, 0.25) is 0 Å². The first-order chi connectivity index (χ1) is 12.5. The van der Waals surface area contributed by atoms with Gasteiger partial charge in [0.25, 0.3) is 0 Å². The third-order valence-corrected chi connectivity index (χ3v) is 4.69. The first-order valence-corrected chi connectivity index (χ1v) is 9.26. The van der Waals surface area contributed by atoms with Crippen molar-refractivity contribution in [2.24, 2.45) is 5.92 Å². The summed E-state index contributed by atoms with van der Waals surface area (Å²) in [5.74, 6) is 0.470. The molecule has 3 nitrogen and oxygen atoms in total. The lowest BCUT2D eigenvalue weighted by Crippen LogP contribution is -2.26. The maximum atomic E-state index is 12.8. The van der Waals surface area contributed by atoms with E-state index in [9.17, 15) is 9.59 Å². The van der Waals surface area contributed by atoms with Gasteiger partial charge in [-0.1, -0.05) is 62.7 Å². The number of aryl methyl sites for hydroxylation is 1. The summed E-state index contributed by atoms with van der Waals surface area (Å²) in [5, 5.41) is 3.13. The van der Waals surface area contributed by atoms with Gasteiger partial charge in [-0.05, 0) is 36.0 Å². The number of carbonyl (C=O) groups is 2. The van der Waals surface area contributed by atoms with E-state index in [0.717, 1.165) is 30.4 Å². The Morgan fingerprint density at radius 3 is 2.42 bits per heavy atom. The van der Waals surface area contributed by atoms with E-state index in [1.807, 2.05) is 42.5 Å². The van der Waals surface area contributed by atoms with Crippen molar-refractivity contribution in [2.45, 2.75) is 39.7 Å². The van der Waals surface area contributed by atoms with Gasteiger partial charge in [-0.2, -0.15) is 0 Å². The molecule has 0 bridgehead atoms. The number of allylic oxidation sites excluding steroid dienone is 2. The fourth-order valence-corrected chi connectivity index (χ4v) is 3.21. The second kappa shape index (κ2) is 8.13. The summed E-state index contributed by atoms with van der Waals surface area (Å²) in [5.41, 5.74) is 3.60. The molecular weight excluding hydrogens is 322 g/mol. The highest BCUT2D eigenvalue weighted by molar-refractivity contribution is 6.24. The predicted octanol–water partition coefficient (Wildman–Crippen LogP) is 4.72. The summed E-state index contributed by atoms with van der Waals surface area (Å²) in [6, 6.07) is 15.5. The molecule has 0 fully saturated rings. The smallest absolute Gasteiger partial charge is 0.209 e. The van der Waals surface area contributed by atoms with Gasteiger partial charge in [-0.3, -0.25) is 9.59 Å². The fraction of sp³-hybridized carbons (Fsp3) is 0.304. The number of benzene rings is 2. The van der Waals surface area contributed by atoms with Gasteiger partial charge in [-0.25, -0.2) is 0 Å². The molecule has 26 heavy (non-hydrogen) atoms. The zero-order valence-electron chi connectivity index (χ0n) is 15.4. The van der Waals surface area contributed by atoms with Crippen LogP contribution < -0.4 is 5.32 Å².